The number of carbonyl (C=O) groups excluding carboxylic acids is 2. The molecule has 0 aliphatic carbocycles. The third-order valence-electron chi connectivity index (χ3n) is 4.03. The summed E-state index contributed by atoms with van der Waals surface area (Å²) in [6.45, 7) is 1.62. The van der Waals surface area contributed by atoms with Crippen LogP contribution < -0.4 is 16.0 Å². The maximum absolute atomic E-state index is 12.4. The molecule has 2 aromatic rings. The molecule has 2 atom stereocenters. The smallest absolute Gasteiger partial charge is 0.256 e. The molecule has 3 rings (SSSR count). The summed E-state index contributed by atoms with van der Waals surface area (Å²) in [6, 6.07) is 8.62. The van der Waals surface area contributed by atoms with E-state index in [-0.39, 0.29) is 17.7 Å². The third-order valence-corrected chi connectivity index (χ3v) is 4.72. The molecule has 6 nitrogen and oxygen atoms in total. The Hall–Kier alpha value is -2.22. The van der Waals surface area contributed by atoms with Gasteiger partial charge in [-0.3, -0.25) is 9.59 Å². The summed E-state index contributed by atoms with van der Waals surface area (Å²) in [7, 11) is 0. The molecule has 1 aliphatic heterocycles. The second-order valence-corrected chi connectivity index (χ2v) is 6.49. The molecular formula is C17H19N3O3S. The Bertz CT molecular complexity index is 718. The number of aliphatic hydroxyl groups is 1. The van der Waals surface area contributed by atoms with Crippen molar-refractivity contribution in [3.05, 3.63) is 52.2 Å². The maximum atomic E-state index is 12.4. The number of benzene rings is 1. The van der Waals surface area contributed by atoms with Gasteiger partial charge in [0.1, 0.15) is 0 Å². The molecule has 1 aromatic carbocycles. The van der Waals surface area contributed by atoms with E-state index < -0.39 is 6.10 Å². The van der Waals surface area contributed by atoms with E-state index in [1.165, 1.54) is 11.3 Å². The molecule has 24 heavy (non-hydrogen) atoms. The summed E-state index contributed by atoms with van der Waals surface area (Å²) in [5.41, 5.74) is 1.44. The lowest BCUT2D eigenvalue weighted by molar-refractivity contribution is 0.0928. The van der Waals surface area contributed by atoms with Gasteiger partial charge >= 0.3 is 0 Å². The van der Waals surface area contributed by atoms with Crippen LogP contribution in [0.15, 0.2) is 41.1 Å². The molecule has 1 fully saturated rings. The first-order valence-electron chi connectivity index (χ1n) is 7.74. The van der Waals surface area contributed by atoms with Crippen LogP contribution in [-0.2, 0) is 0 Å². The molecule has 0 radical (unpaired) electrons. The highest BCUT2D eigenvalue weighted by Gasteiger charge is 2.25. The lowest BCUT2D eigenvalue weighted by Crippen LogP contribution is -2.34. The van der Waals surface area contributed by atoms with Crippen LogP contribution in [0, 0.1) is 5.92 Å². The van der Waals surface area contributed by atoms with Crippen molar-refractivity contribution in [2.75, 3.05) is 25.0 Å². The largest absolute Gasteiger partial charge is 0.391 e. The fraction of sp³-hybridized carbons (Fsp3) is 0.294. The van der Waals surface area contributed by atoms with Gasteiger partial charge in [-0.05, 0) is 23.6 Å². The number of carbonyl (C=O) groups is 2. The van der Waals surface area contributed by atoms with Gasteiger partial charge in [-0.2, -0.15) is 11.3 Å². The van der Waals surface area contributed by atoms with Crippen LogP contribution >= 0.6 is 11.3 Å². The normalized spacial score (nSPS) is 19.9. The number of anilines is 1. The molecule has 0 saturated carbocycles. The molecule has 2 unspecified atom stereocenters. The quantitative estimate of drug-likeness (QED) is 0.658. The number of thiophene rings is 1. The van der Waals surface area contributed by atoms with Crippen LogP contribution in [0.1, 0.15) is 20.7 Å². The van der Waals surface area contributed by atoms with E-state index in [2.05, 4.69) is 16.0 Å². The van der Waals surface area contributed by atoms with Crippen molar-refractivity contribution in [3.63, 3.8) is 0 Å². The second-order valence-electron chi connectivity index (χ2n) is 5.71. The van der Waals surface area contributed by atoms with E-state index in [0.717, 1.165) is 0 Å². The van der Waals surface area contributed by atoms with Crippen molar-refractivity contribution in [2.45, 2.75) is 6.10 Å². The summed E-state index contributed by atoms with van der Waals surface area (Å²) in [5.74, 6) is -0.510. The number of rotatable bonds is 5. The number of nitrogens with one attached hydrogen (secondary N) is 3. The van der Waals surface area contributed by atoms with Gasteiger partial charge in [0.25, 0.3) is 11.8 Å². The highest BCUT2D eigenvalue weighted by molar-refractivity contribution is 7.08. The zero-order chi connectivity index (χ0) is 16.9. The zero-order valence-electron chi connectivity index (χ0n) is 13.0. The minimum absolute atomic E-state index is 0.00140. The predicted molar refractivity (Wildman–Crippen MR) is 93.4 cm³/mol. The highest BCUT2D eigenvalue weighted by atomic mass is 32.1. The average molecular weight is 345 g/mol. The summed E-state index contributed by atoms with van der Waals surface area (Å²) in [5, 5.41) is 22.1. The molecule has 1 aliphatic rings. The molecular weight excluding hydrogens is 326 g/mol. The lowest BCUT2D eigenvalue weighted by atomic mass is 10.1. The van der Waals surface area contributed by atoms with Gasteiger partial charge in [0.15, 0.2) is 0 Å². The number of para-hydroxylation sites is 1. The summed E-state index contributed by atoms with van der Waals surface area (Å²) < 4.78 is 0. The van der Waals surface area contributed by atoms with Crippen LogP contribution in [0.2, 0.25) is 0 Å². The fourth-order valence-corrected chi connectivity index (χ4v) is 3.26. The minimum atomic E-state index is -0.446. The number of β-amino-alcohol motifs (C(OH)–C–C–N with tert-alkyl or cyclic N) is 1. The number of hydrogen-bond donors (Lipinski definition) is 4. The van der Waals surface area contributed by atoms with Crippen LogP contribution in [0.4, 0.5) is 5.69 Å². The van der Waals surface area contributed by atoms with Crippen LogP contribution in [0.25, 0.3) is 0 Å². The Morgan fingerprint density at radius 3 is 2.75 bits per heavy atom. The van der Waals surface area contributed by atoms with Crippen molar-refractivity contribution >= 4 is 28.8 Å². The summed E-state index contributed by atoms with van der Waals surface area (Å²) >= 11 is 1.44. The average Bonchev–Trinajstić information content (AvgIpc) is 3.25. The standard InChI is InChI=1S/C17H19N3O3S/c21-15-9-18-7-12(15)8-19-17(23)13-3-1-2-4-14(13)20-16(22)11-5-6-24-10-11/h1-6,10,12,15,18,21H,7-9H2,(H,19,23)(H,20,22). The monoisotopic (exact) mass is 345 g/mol. The number of hydrogen-bond acceptors (Lipinski definition) is 5. The van der Waals surface area contributed by atoms with E-state index in [4.69, 9.17) is 0 Å². The van der Waals surface area contributed by atoms with Gasteiger partial charge in [0, 0.05) is 30.9 Å². The van der Waals surface area contributed by atoms with Crippen molar-refractivity contribution in [1.82, 2.24) is 10.6 Å². The molecule has 1 saturated heterocycles. The molecule has 1 aromatic heterocycles. The van der Waals surface area contributed by atoms with Crippen molar-refractivity contribution in [3.8, 4) is 0 Å². The van der Waals surface area contributed by atoms with Crippen molar-refractivity contribution < 1.29 is 14.7 Å². The summed E-state index contributed by atoms with van der Waals surface area (Å²) in [6.07, 6.45) is -0.446. The predicted octanol–water partition coefficient (Wildman–Crippen LogP) is 1.31. The van der Waals surface area contributed by atoms with Gasteiger partial charge in [-0.25, -0.2) is 0 Å². The first-order chi connectivity index (χ1) is 11.6. The first kappa shape index (κ1) is 16.6. The maximum Gasteiger partial charge on any atom is 0.256 e. The van der Waals surface area contributed by atoms with Gasteiger partial charge in [-0.1, -0.05) is 12.1 Å². The molecule has 2 amide bonds. The Morgan fingerprint density at radius 1 is 1.21 bits per heavy atom. The Balaban J connectivity index is 1.66. The molecule has 2 heterocycles. The Morgan fingerprint density at radius 2 is 2.04 bits per heavy atom. The first-order valence-corrected chi connectivity index (χ1v) is 8.69. The van der Waals surface area contributed by atoms with Gasteiger partial charge < -0.3 is 21.1 Å². The minimum Gasteiger partial charge on any atom is -0.391 e. The molecule has 4 N–H and O–H groups in total. The van der Waals surface area contributed by atoms with Crippen molar-refractivity contribution in [2.24, 2.45) is 5.92 Å². The highest BCUT2D eigenvalue weighted by Crippen LogP contribution is 2.17. The lowest BCUT2D eigenvalue weighted by Gasteiger charge is -2.15. The SMILES string of the molecule is O=C(Nc1ccccc1C(=O)NCC1CNCC1O)c1ccsc1. The summed E-state index contributed by atoms with van der Waals surface area (Å²) in [4.78, 5) is 24.6. The Kier molecular flexibility index (Phi) is 5.24. The van der Waals surface area contributed by atoms with Crippen LogP contribution in [0.5, 0.6) is 0 Å². The van der Waals surface area contributed by atoms with Gasteiger partial charge in [-0.15, -0.1) is 0 Å². The van der Waals surface area contributed by atoms with E-state index in [1.807, 2.05) is 5.38 Å². The topological polar surface area (TPSA) is 90.5 Å². The van der Waals surface area contributed by atoms with Gasteiger partial charge in [0.2, 0.25) is 0 Å². The van der Waals surface area contributed by atoms with Gasteiger partial charge in [0.05, 0.1) is 22.9 Å². The van der Waals surface area contributed by atoms with Crippen LogP contribution in [-0.4, -0.2) is 42.7 Å². The Labute approximate surface area is 143 Å². The second kappa shape index (κ2) is 7.57. The van der Waals surface area contributed by atoms with E-state index in [9.17, 15) is 14.7 Å². The van der Waals surface area contributed by atoms with E-state index in [0.29, 0.717) is 36.4 Å². The number of aliphatic hydroxyl groups excluding tert-OH is 1. The molecule has 0 spiro atoms. The van der Waals surface area contributed by atoms with Crippen molar-refractivity contribution in [1.29, 1.82) is 0 Å². The number of amides is 2. The fourth-order valence-electron chi connectivity index (χ4n) is 2.62. The molecule has 0 bridgehead atoms. The zero-order valence-corrected chi connectivity index (χ0v) is 13.8. The third kappa shape index (κ3) is 3.81. The van der Waals surface area contributed by atoms with Crippen LogP contribution in [0.3, 0.4) is 0 Å². The molecule has 126 valence electrons. The van der Waals surface area contributed by atoms with E-state index in [1.54, 1.807) is 35.7 Å². The van der Waals surface area contributed by atoms with E-state index >= 15 is 0 Å². The molecule has 7 heteroatoms.